The van der Waals surface area contributed by atoms with Gasteiger partial charge in [0.05, 0.1) is 0 Å². The fourth-order valence-corrected chi connectivity index (χ4v) is 4.32. The predicted octanol–water partition coefficient (Wildman–Crippen LogP) is 2.90. The van der Waals surface area contributed by atoms with Gasteiger partial charge in [-0.15, -0.1) is 0 Å². The molecule has 19 heavy (non-hydrogen) atoms. The highest BCUT2D eigenvalue weighted by Crippen LogP contribution is 2.34. The van der Waals surface area contributed by atoms with Crippen molar-refractivity contribution in [2.24, 2.45) is 0 Å². The van der Waals surface area contributed by atoms with E-state index in [0.29, 0.717) is 5.54 Å². The van der Waals surface area contributed by atoms with E-state index in [1.807, 2.05) is 0 Å². The van der Waals surface area contributed by atoms with Crippen molar-refractivity contribution in [2.75, 3.05) is 24.5 Å². The minimum Gasteiger partial charge on any atom is -0.368 e. The molecule has 2 nitrogen and oxygen atoms in total. The van der Waals surface area contributed by atoms with Crippen molar-refractivity contribution in [3.05, 3.63) is 29.3 Å². The first kappa shape index (κ1) is 11.8. The number of piperazine rings is 1. The van der Waals surface area contributed by atoms with E-state index in [4.69, 9.17) is 0 Å². The molecule has 1 aromatic rings. The molecule has 2 aliphatic carbocycles. The summed E-state index contributed by atoms with van der Waals surface area (Å²) in [7, 11) is 0. The molecule has 0 atom stereocenters. The fourth-order valence-electron chi connectivity index (χ4n) is 4.32. The van der Waals surface area contributed by atoms with Crippen LogP contribution >= 0.6 is 0 Å². The maximum Gasteiger partial charge on any atom is 0.0370 e. The highest BCUT2D eigenvalue weighted by molar-refractivity contribution is 5.53. The van der Waals surface area contributed by atoms with E-state index >= 15 is 0 Å². The molecule has 1 aromatic carbocycles. The van der Waals surface area contributed by atoms with Crippen LogP contribution in [-0.2, 0) is 12.8 Å². The van der Waals surface area contributed by atoms with Gasteiger partial charge in [0.15, 0.2) is 0 Å². The topological polar surface area (TPSA) is 15.3 Å². The number of nitrogens with zero attached hydrogens (tertiary/aromatic N) is 1. The van der Waals surface area contributed by atoms with E-state index in [1.165, 1.54) is 63.7 Å². The first-order valence-corrected chi connectivity index (χ1v) is 7.97. The Hall–Kier alpha value is -1.02. The van der Waals surface area contributed by atoms with Crippen molar-refractivity contribution in [3.63, 3.8) is 0 Å². The molecule has 1 heterocycles. The molecule has 1 aliphatic heterocycles. The summed E-state index contributed by atoms with van der Waals surface area (Å²) in [5.74, 6) is 0. The number of benzene rings is 1. The van der Waals surface area contributed by atoms with Gasteiger partial charge in [-0.2, -0.15) is 0 Å². The van der Waals surface area contributed by atoms with Crippen LogP contribution in [0.25, 0.3) is 0 Å². The Morgan fingerprint density at radius 2 is 1.84 bits per heavy atom. The second-order valence-corrected chi connectivity index (χ2v) is 6.64. The van der Waals surface area contributed by atoms with Gasteiger partial charge in [0, 0.05) is 30.9 Å². The summed E-state index contributed by atoms with van der Waals surface area (Å²) >= 11 is 0. The van der Waals surface area contributed by atoms with Crippen LogP contribution in [0.4, 0.5) is 5.69 Å². The molecule has 1 saturated heterocycles. The summed E-state index contributed by atoms with van der Waals surface area (Å²) < 4.78 is 0. The summed E-state index contributed by atoms with van der Waals surface area (Å²) in [6.07, 6.45) is 9.49. The highest BCUT2D eigenvalue weighted by atomic mass is 15.2. The quantitative estimate of drug-likeness (QED) is 0.831. The van der Waals surface area contributed by atoms with Crippen LogP contribution < -0.4 is 10.2 Å². The Labute approximate surface area is 116 Å². The Morgan fingerprint density at radius 3 is 2.74 bits per heavy atom. The molecule has 1 spiro atoms. The minimum atomic E-state index is 0.428. The lowest BCUT2D eigenvalue weighted by Gasteiger charge is -2.42. The maximum absolute atomic E-state index is 3.80. The normalized spacial score (nSPS) is 24.9. The molecule has 0 amide bonds. The molecule has 0 aromatic heterocycles. The molecule has 1 N–H and O–H groups in total. The molecular formula is C17H24N2. The predicted molar refractivity (Wildman–Crippen MR) is 79.9 cm³/mol. The summed E-state index contributed by atoms with van der Waals surface area (Å²) in [6, 6.07) is 7.20. The standard InChI is InChI=1S/C17H24N2/c1-2-9-17(8-1)13-19(11-10-18-17)16-7-6-14-4-3-5-15(14)12-16/h6-7,12,18H,1-5,8-11,13H2. The van der Waals surface area contributed by atoms with Crippen LogP contribution in [0.1, 0.15) is 43.2 Å². The Bertz CT molecular complexity index is 474. The number of hydrogen-bond acceptors (Lipinski definition) is 2. The second kappa shape index (κ2) is 4.52. The van der Waals surface area contributed by atoms with Crippen molar-refractivity contribution in [1.29, 1.82) is 0 Å². The Balaban J connectivity index is 1.58. The van der Waals surface area contributed by atoms with Gasteiger partial charge in [-0.3, -0.25) is 0 Å². The summed E-state index contributed by atoms with van der Waals surface area (Å²) in [4.78, 5) is 2.63. The molecule has 0 bridgehead atoms. The third kappa shape index (κ3) is 2.06. The van der Waals surface area contributed by atoms with Crippen molar-refractivity contribution in [2.45, 2.75) is 50.5 Å². The molecule has 0 unspecified atom stereocenters. The SMILES string of the molecule is c1cc2c(cc1N1CCNC3(CCCC3)C1)CCC2. The van der Waals surface area contributed by atoms with E-state index in [2.05, 4.69) is 28.4 Å². The lowest BCUT2D eigenvalue weighted by Crippen LogP contribution is -2.59. The summed E-state index contributed by atoms with van der Waals surface area (Å²) in [5.41, 5.74) is 5.09. The zero-order valence-electron chi connectivity index (χ0n) is 11.8. The van der Waals surface area contributed by atoms with Gasteiger partial charge in [-0.05, 0) is 55.4 Å². The molecule has 2 fully saturated rings. The minimum absolute atomic E-state index is 0.428. The molecule has 3 aliphatic rings. The molecule has 2 heteroatoms. The van der Waals surface area contributed by atoms with Crippen LogP contribution in [0.15, 0.2) is 18.2 Å². The van der Waals surface area contributed by atoms with Gasteiger partial charge < -0.3 is 10.2 Å². The number of hydrogen-bond donors (Lipinski definition) is 1. The number of anilines is 1. The van der Waals surface area contributed by atoms with Gasteiger partial charge in [0.1, 0.15) is 0 Å². The molecule has 1 saturated carbocycles. The molecule has 4 rings (SSSR count). The third-order valence-electron chi connectivity index (χ3n) is 5.38. The summed E-state index contributed by atoms with van der Waals surface area (Å²) in [5, 5.41) is 3.80. The molecular weight excluding hydrogens is 232 g/mol. The van der Waals surface area contributed by atoms with Gasteiger partial charge in [0.2, 0.25) is 0 Å². The van der Waals surface area contributed by atoms with Crippen molar-refractivity contribution in [3.8, 4) is 0 Å². The van der Waals surface area contributed by atoms with Crippen molar-refractivity contribution < 1.29 is 0 Å². The fraction of sp³-hybridized carbons (Fsp3) is 0.647. The van der Waals surface area contributed by atoms with E-state index in [1.54, 1.807) is 11.1 Å². The monoisotopic (exact) mass is 256 g/mol. The Morgan fingerprint density at radius 1 is 1.00 bits per heavy atom. The van der Waals surface area contributed by atoms with Gasteiger partial charge in [-0.25, -0.2) is 0 Å². The lowest BCUT2D eigenvalue weighted by atomic mass is 9.94. The average Bonchev–Trinajstić information content (AvgIpc) is 3.07. The molecule has 0 radical (unpaired) electrons. The number of nitrogens with one attached hydrogen (secondary N) is 1. The van der Waals surface area contributed by atoms with Crippen LogP contribution in [-0.4, -0.2) is 25.2 Å². The number of aryl methyl sites for hydroxylation is 2. The smallest absolute Gasteiger partial charge is 0.0370 e. The first-order valence-electron chi connectivity index (χ1n) is 7.97. The van der Waals surface area contributed by atoms with Gasteiger partial charge >= 0.3 is 0 Å². The zero-order valence-corrected chi connectivity index (χ0v) is 11.8. The lowest BCUT2D eigenvalue weighted by molar-refractivity contribution is 0.304. The summed E-state index contributed by atoms with van der Waals surface area (Å²) in [6.45, 7) is 3.53. The van der Waals surface area contributed by atoms with E-state index in [9.17, 15) is 0 Å². The third-order valence-corrected chi connectivity index (χ3v) is 5.38. The van der Waals surface area contributed by atoms with Crippen molar-refractivity contribution in [1.82, 2.24) is 5.32 Å². The van der Waals surface area contributed by atoms with Crippen LogP contribution in [0.3, 0.4) is 0 Å². The number of fused-ring (bicyclic) bond motifs is 1. The van der Waals surface area contributed by atoms with Crippen molar-refractivity contribution >= 4 is 5.69 Å². The maximum atomic E-state index is 3.80. The zero-order chi connectivity index (χ0) is 12.7. The molecule has 102 valence electrons. The van der Waals surface area contributed by atoms with E-state index in [-0.39, 0.29) is 0 Å². The van der Waals surface area contributed by atoms with E-state index in [0.717, 1.165) is 6.54 Å². The van der Waals surface area contributed by atoms with E-state index < -0.39 is 0 Å². The Kier molecular flexibility index (Phi) is 2.80. The van der Waals surface area contributed by atoms with Crippen LogP contribution in [0.5, 0.6) is 0 Å². The van der Waals surface area contributed by atoms with Gasteiger partial charge in [-0.1, -0.05) is 18.9 Å². The average molecular weight is 256 g/mol. The first-order chi connectivity index (χ1) is 9.35. The van der Waals surface area contributed by atoms with Gasteiger partial charge in [0.25, 0.3) is 0 Å². The second-order valence-electron chi connectivity index (χ2n) is 6.64. The largest absolute Gasteiger partial charge is 0.368 e. The highest BCUT2D eigenvalue weighted by Gasteiger charge is 2.37. The number of rotatable bonds is 1. The van der Waals surface area contributed by atoms with Crippen LogP contribution in [0, 0.1) is 0 Å². The van der Waals surface area contributed by atoms with Crippen LogP contribution in [0.2, 0.25) is 0 Å².